The summed E-state index contributed by atoms with van der Waals surface area (Å²) in [7, 11) is 2.24. The Morgan fingerprint density at radius 1 is 1.08 bits per heavy atom. The maximum absolute atomic E-state index is 4.13. The van der Waals surface area contributed by atoms with E-state index in [1.54, 1.807) is 11.3 Å². The van der Waals surface area contributed by atoms with Gasteiger partial charge in [0.15, 0.2) is 0 Å². The van der Waals surface area contributed by atoms with Gasteiger partial charge < -0.3 is 9.47 Å². The van der Waals surface area contributed by atoms with Crippen molar-refractivity contribution in [3.8, 4) is 0 Å². The lowest BCUT2D eigenvalue weighted by molar-refractivity contribution is 0.333. The Bertz CT molecular complexity index is 859. The zero-order chi connectivity index (χ0) is 16.5. The van der Waals surface area contributed by atoms with Crippen molar-refractivity contribution in [2.45, 2.75) is 39.3 Å². The van der Waals surface area contributed by atoms with Crippen molar-refractivity contribution in [3.05, 3.63) is 65.1 Å². The molecule has 0 bridgehead atoms. The number of hydrogen-bond acceptors (Lipinski definition) is 2. The van der Waals surface area contributed by atoms with Crippen LogP contribution in [0.3, 0.4) is 0 Å². The van der Waals surface area contributed by atoms with Crippen LogP contribution in [0.5, 0.6) is 0 Å². The zero-order valence-electron chi connectivity index (χ0n) is 15.4. The summed E-state index contributed by atoms with van der Waals surface area (Å²) >= 11 is 0. The Kier molecular flexibility index (Phi) is 7.10. The quantitative estimate of drug-likeness (QED) is 0.638. The maximum Gasteiger partial charge on any atom is 0.0486 e. The minimum atomic E-state index is 0. The van der Waals surface area contributed by atoms with E-state index in [1.807, 2.05) is 12.4 Å². The molecule has 26 heavy (non-hydrogen) atoms. The Morgan fingerprint density at radius 3 is 2.62 bits per heavy atom. The van der Waals surface area contributed by atoms with Gasteiger partial charge in [-0.05, 0) is 75.2 Å². The van der Waals surface area contributed by atoms with Gasteiger partial charge in [-0.1, -0.05) is 11.6 Å². The van der Waals surface area contributed by atoms with Gasteiger partial charge in [0.1, 0.15) is 0 Å². The first kappa shape index (κ1) is 20.8. The molecule has 3 heterocycles. The van der Waals surface area contributed by atoms with Gasteiger partial charge in [0.25, 0.3) is 0 Å². The van der Waals surface area contributed by atoms with E-state index in [9.17, 15) is 0 Å². The minimum absolute atomic E-state index is 0. The van der Waals surface area contributed by atoms with Crippen LogP contribution in [0.1, 0.15) is 28.8 Å². The number of pyridine rings is 1. The normalized spacial score (nSPS) is 14.2. The maximum atomic E-state index is 4.13. The number of aromatic nitrogens is 2. The Labute approximate surface area is 168 Å². The van der Waals surface area contributed by atoms with Crippen molar-refractivity contribution in [3.63, 3.8) is 0 Å². The largest absolute Gasteiger partial charge is 0.344 e. The van der Waals surface area contributed by atoms with Gasteiger partial charge in [-0.3, -0.25) is 4.98 Å². The van der Waals surface area contributed by atoms with Crippen LogP contribution in [0.15, 0.2) is 42.7 Å². The second-order valence-corrected chi connectivity index (χ2v) is 7.04. The van der Waals surface area contributed by atoms with E-state index in [0.29, 0.717) is 0 Å². The van der Waals surface area contributed by atoms with Crippen LogP contribution < -0.4 is 0 Å². The summed E-state index contributed by atoms with van der Waals surface area (Å²) in [4.78, 5) is 6.59. The third kappa shape index (κ3) is 4.06. The Balaban J connectivity index is 0.00000121. The van der Waals surface area contributed by atoms with E-state index in [4.69, 9.17) is 0 Å². The van der Waals surface area contributed by atoms with Crippen LogP contribution >= 0.6 is 24.8 Å². The first-order valence-corrected chi connectivity index (χ1v) is 8.90. The highest BCUT2D eigenvalue weighted by Crippen LogP contribution is 2.31. The van der Waals surface area contributed by atoms with E-state index >= 15 is 0 Å². The molecule has 0 saturated carbocycles. The van der Waals surface area contributed by atoms with Gasteiger partial charge in [0.05, 0.1) is 0 Å². The number of nitrogens with zero attached hydrogens (tertiary/aromatic N) is 3. The molecule has 140 valence electrons. The summed E-state index contributed by atoms with van der Waals surface area (Å²) < 4.78 is 2.57. The second-order valence-electron chi connectivity index (χ2n) is 7.04. The van der Waals surface area contributed by atoms with E-state index in [2.05, 4.69) is 58.8 Å². The molecule has 0 N–H and O–H groups in total. The van der Waals surface area contributed by atoms with Crippen LogP contribution in [0, 0.1) is 6.92 Å². The molecule has 0 spiro atoms. The molecule has 0 amide bonds. The highest BCUT2D eigenvalue weighted by Gasteiger charge is 2.20. The summed E-state index contributed by atoms with van der Waals surface area (Å²) in [6.45, 7) is 5.49. The molecular formula is C21H27Cl2N3. The first-order valence-electron chi connectivity index (χ1n) is 8.90. The molecule has 5 heteroatoms. The fourth-order valence-electron chi connectivity index (χ4n) is 3.96. The van der Waals surface area contributed by atoms with Crippen molar-refractivity contribution in [2.75, 3.05) is 13.6 Å². The van der Waals surface area contributed by atoms with Crippen LogP contribution in [-0.4, -0.2) is 28.0 Å². The number of aryl methyl sites for hydroxylation is 3. The first-order chi connectivity index (χ1) is 11.7. The number of hydrogen-bond donors (Lipinski definition) is 0. The molecule has 1 aliphatic heterocycles. The van der Waals surface area contributed by atoms with E-state index in [-0.39, 0.29) is 24.8 Å². The Hall–Kier alpha value is -1.55. The van der Waals surface area contributed by atoms with Gasteiger partial charge in [-0.15, -0.1) is 24.8 Å². The van der Waals surface area contributed by atoms with Gasteiger partial charge in [-0.25, -0.2) is 0 Å². The standard InChI is InChI=1S/C21H25N3.2ClH/c1-16-5-6-21-18(14-16)19-15-23(2)12-3-4-20(19)24(21)13-9-17-7-10-22-11-8-17;;/h5-8,10-11,14H,3-4,9,12-13,15H2,1-2H3;2*1H. The molecule has 0 atom stereocenters. The van der Waals surface area contributed by atoms with Gasteiger partial charge >= 0.3 is 0 Å². The van der Waals surface area contributed by atoms with E-state index < -0.39 is 0 Å². The predicted octanol–water partition coefficient (Wildman–Crippen LogP) is 4.81. The molecule has 4 rings (SSSR count). The van der Waals surface area contributed by atoms with Crippen molar-refractivity contribution in [2.24, 2.45) is 0 Å². The summed E-state index contributed by atoms with van der Waals surface area (Å²) in [6.07, 6.45) is 7.27. The second kappa shape index (κ2) is 8.90. The van der Waals surface area contributed by atoms with Crippen molar-refractivity contribution < 1.29 is 0 Å². The molecule has 1 aromatic carbocycles. The van der Waals surface area contributed by atoms with Gasteiger partial charge in [-0.2, -0.15) is 0 Å². The summed E-state index contributed by atoms with van der Waals surface area (Å²) in [5, 5.41) is 1.45. The van der Waals surface area contributed by atoms with Gasteiger partial charge in [0.2, 0.25) is 0 Å². The minimum Gasteiger partial charge on any atom is -0.344 e. The summed E-state index contributed by atoms with van der Waals surface area (Å²) in [5.41, 5.74) is 7.20. The number of halogens is 2. The van der Waals surface area contributed by atoms with Crippen LogP contribution in [0.4, 0.5) is 0 Å². The molecule has 0 aliphatic carbocycles. The molecule has 0 saturated heterocycles. The molecule has 3 nitrogen and oxygen atoms in total. The lowest BCUT2D eigenvalue weighted by Crippen LogP contribution is -2.17. The van der Waals surface area contributed by atoms with Crippen molar-refractivity contribution in [1.82, 2.24) is 14.5 Å². The highest BCUT2D eigenvalue weighted by molar-refractivity contribution is 5.86. The average molecular weight is 392 g/mol. The fourth-order valence-corrected chi connectivity index (χ4v) is 3.96. The summed E-state index contributed by atoms with van der Waals surface area (Å²) in [5.74, 6) is 0. The average Bonchev–Trinajstić information content (AvgIpc) is 2.73. The number of fused-ring (bicyclic) bond motifs is 3. The fraction of sp³-hybridized carbons (Fsp3) is 0.381. The molecule has 0 radical (unpaired) electrons. The van der Waals surface area contributed by atoms with Gasteiger partial charge in [0, 0.05) is 42.1 Å². The molecule has 2 aromatic heterocycles. The third-order valence-corrected chi connectivity index (χ3v) is 5.20. The third-order valence-electron chi connectivity index (χ3n) is 5.20. The van der Waals surface area contributed by atoms with Crippen LogP contribution in [-0.2, 0) is 25.9 Å². The lowest BCUT2D eigenvalue weighted by atomic mass is 10.1. The Morgan fingerprint density at radius 2 is 1.85 bits per heavy atom. The molecule has 3 aromatic rings. The molecule has 0 fully saturated rings. The molecular weight excluding hydrogens is 365 g/mol. The van der Waals surface area contributed by atoms with Crippen LogP contribution in [0.25, 0.3) is 10.9 Å². The van der Waals surface area contributed by atoms with Crippen molar-refractivity contribution in [1.29, 1.82) is 0 Å². The van der Waals surface area contributed by atoms with E-state index in [0.717, 1.165) is 19.5 Å². The van der Waals surface area contributed by atoms with E-state index in [1.165, 1.54) is 41.4 Å². The summed E-state index contributed by atoms with van der Waals surface area (Å²) in [6, 6.07) is 11.2. The highest BCUT2D eigenvalue weighted by atomic mass is 35.5. The van der Waals surface area contributed by atoms with Crippen molar-refractivity contribution >= 4 is 35.7 Å². The molecule has 1 aliphatic rings. The number of rotatable bonds is 3. The predicted molar refractivity (Wildman–Crippen MR) is 114 cm³/mol. The SMILES string of the molecule is Cc1ccc2c(c1)c1c(n2CCc2ccncc2)CCCN(C)C1.Cl.Cl. The number of benzene rings is 1. The lowest BCUT2D eigenvalue weighted by Gasteiger charge is -2.12. The zero-order valence-corrected chi connectivity index (χ0v) is 17.1. The topological polar surface area (TPSA) is 21.1 Å². The molecule has 0 unspecified atom stereocenters. The van der Waals surface area contributed by atoms with Crippen LogP contribution in [0.2, 0.25) is 0 Å². The monoisotopic (exact) mass is 391 g/mol. The smallest absolute Gasteiger partial charge is 0.0486 e.